The summed E-state index contributed by atoms with van der Waals surface area (Å²) in [5.41, 5.74) is 1.25. The summed E-state index contributed by atoms with van der Waals surface area (Å²) in [7, 11) is -3.52. The molecule has 2 aromatic heterocycles. The number of hydrogen-bond acceptors (Lipinski definition) is 6. The Hall–Kier alpha value is -3.37. The van der Waals surface area contributed by atoms with Crippen molar-refractivity contribution in [2.24, 2.45) is 0 Å². The summed E-state index contributed by atoms with van der Waals surface area (Å²) in [6, 6.07) is 9.93. The van der Waals surface area contributed by atoms with Crippen LogP contribution in [0.4, 0.5) is 5.82 Å². The minimum Gasteiger partial charge on any atom is -0.307 e. The van der Waals surface area contributed by atoms with Crippen LogP contribution in [0, 0.1) is 0 Å². The van der Waals surface area contributed by atoms with E-state index < -0.39 is 10.0 Å². The van der Waals surface area contributed by atoms with E-state index in [1.807, 2.05) is 20.8 Å². The van der Waals surface area contributed by atoms with Gasteiger partial charge in [0, 0.05) is 43.0 Å². The van der Waals surface area contributed by atoms with Gasteiger partial charge in [-0.3, -0.25) is 4.79 Å². The molecule has 0 saturated carbocycles. The van der Waals surface area contributed by atoms with E-state index in [0.29, 0.717) is 30.4 Å². The van der Waals surface area contributed by atoms with Crippen LogP contribution in [0.15, 0.2) is 59.8 Å². The normalized spacial score (nSPS) is 12.4. The van der Waals surface area contributed by atoms with Crippen LogP contribution < -0.4 is 5.32 Å². The van der Waals surface area contributed by atoms with Gasteiger partial charge in [0.25, 0.3) is 5.95 Å². The van der Waals surface area contributed by atoms with Gasteiger partial charge in [-0.2, -0.15) is 14.1 Å². The van der Waals surface area contributed by atoms with Gasteiger partial charge in [-0.1, -0.05) is 46.8 Å². The van der Waals surface area contributed by atoms with Crippen molar-refractivity contribution in [3.8, 4) is 5.95 Å². The Labute approximate surface area is 200 Å². The number of carbonyl (C=O) groups excluding carboxylic acids is 1. The second-order valence-corrected chi connectivity index (χ2v) is 10.5. The molecule has 1 N–H and O–H groups in total. The Morgan fingerprint density at radius 3 is 2.26 bits per heavy atom. The Bertz CT molecular complexity index is 1260. The Morgan fingerprint density at radius 1 is 1.09 bits per heavy atom. The first-order chi connectivity index (χ1) is 16.1. The summed E-state index contributed by atoms with van der Waals surface area (Å²) < 4.78 is 28.1. The summed E-state index contributed by atoms with van der Waals surface area (Å²) in [5.74, 6) is 0.436. The summed E-state index contributed by atoms with van der Waals surface area (Å²) in [6.45, 7) is 10.5. The van der Waals surface area contributed by atoms with E-state index in [1.54, 1.807) is 68.7 Å². The number of benzene rings is 1. The van der Waals surface area contributed by atoms with E-state index in [1.165, 1.54) is 15.1 Å². The van der Waals surface area contributed by atoms with Crippen LogP contribution in [-0.2, 0) is 20.2 Å². The molecular formula is C24H30N6O3S. The first-order valence-electron chi connectivity index (χ1n) is 11.0. The Morgan fingerprint density at radius 2 is 1.71 bits per heavy atom. The zero-order valence-electron chi connectivity index (χ0n) is 20.1. The number of aromatic nitrogens is 4. The van der Waals surface area contributed by atoms with Crippen LogP contribution >= 0.6 is 0 Å². The second kappa shape index (κ2) is 10.3. The highest BCUT2D eigenvalue weighted by atomic mass is 32.2. The van der Waals surface area contributed by atoms with Gasteiger partial charge in [-0.15, -0.1) is 0 Å². The fourth-order valence-electron chi connectivity index (χ4n) is 3.19. The van der Waals surface area contributed by atoms with Gasteiger partial charge < -0.3 is 5.32 Å². The monoisotopic (exact) mass is 482 g/mol. The largest absolute Gasteiger partial charge is 0.307 e. The van der Waals surface area contributed by atoms with Crippen LogP contribution in [0.25, 0.3) is 12.0 Å². The SMILES string of the molecule is CCN(CC)S(=O)(=O)c1ccc(/C=C/C(=O)Nc2cc(C(C)(C)C)nn2-c2ncccn2)cc1. The predicted octanol–water partition coefficient (Wildman–Crippen LogP) is 3.64. The number of hydrogen-bond donors (Lipinski definition) is 1. The van der Waals surface area contributed by atoms with E-state index >= 15 is 0 Å². The number of nitrogens with zero attached hydrogens (tertiary/aromatic N) is 5. The highest BCUT2D eigenvalue weighted by Gasteiger charge is 2.22. The van der Waals surface area contributed by atoms with Crippen LogP contribution in [0.3, 0.4) is 0 Å². The molecule has 0 unspecified atom stereocenters. The van der Waals surface area contributed by atoms with Crippen LogP contribution in [0.1, 0.15) is 45.9 Å². The third-order valence-corrected chi connectivity index (χ3v) is 7.19. The molecule has 3 aromatic rings. The maximum absolute atomic E-state index is 12.6. The molecular weight excluding hydrogens is 452 g/mol. The smallest absolute Gasteiger partial charge is 0.252 e. The lowest BCUT2D eigenvalue weighted by molar-refractivity contribution is -0.111. The number of rotatable bonds is 8. The zero-order valence-corrected chi connectivity index (χ0v) is 20.9. The first kappa shape index (κ1) is 25.3. The lowest BCUT2D eigenvalue weighted by Crippen LogP contribution is -2.30. The molecule has 9 nitrogen and oxygen atoms in total. The van der Waals surface area contributed by atoms with Gasteiger partial charge in [0.15, 0.2) is 0 Å². The van der Waals surface area contributed by atoms with Crippen molar-refractivity contribution >= 4 is 27.8 Å². The quantitative estimate of drug-likeness (QED) is 0.491. The molecule has 0 bridgehead atoms. The fraction of sp³-hybridized carbons (Fsp3) is 0.333. The first-order valence-corrected chi connectivity index (χ1v) is 12.5. The Balaban J connectivity index is 1.78. The minimum atomic E-state index is -3.52. The van der Waals surface area contributed by atoms with Crippen molar-refractivity contribution in [1.29, 1.82) is 0 Å². The molecule has 180 valence electrons. The summed E-state index contributed by atoms with van der Waals surface area (Å²) >= 11 is 0. The maximum Gasteiger partial charge on any atom is 0.252 e. The van der Waals surface area contributed by atoms with Gasteiger partial charge in [0.1, 0.15) is 5.82 Å². The number of amides is 1. The predicted molar refractivity (Wildman–Crippen MR) is 132 cm³/mol. The van der Waals surface area contributed by atoms with E-state index in [9.17, 15) is 13.2 Å². The molecule has 0 saturated heterocycles. The molecule has 0 aliphatic heterocycles. The summed E-state index contributed by atoms with van der Waals surface area (Å²) in [6.07, 6.45) is 6.22. The Kier molecular flexibility index (Phi) is 7.63. The van der Waals surface area contributed by atoms with Crippen molar-refractivity contribution in [3.05, 3.63) is 66.1 Å². The number of carbonyl (C=O) groups is 1. The third-order valence-electron chi connectivity index (χ3n) is 5.12. The molecule has 1 amide bonds. The van der Waals surface area contributed by atoms with Gasteiger partial charge >= 0.3 is 0 Å². The van der Waals surface area contributed by atoms with Crippen LogP contribution in [-0.4, -0.2) is 51.5 Å². The van der Waals surface area contributed by atoms with Gasteiger partial charge in [-0.05, 0) is 29.8 Å². The standard InChI is InChI=1S/C24H30N6O3S/c1-6-29(7-2)34(32,33)19-12-9-18(10-13-19)11-14-22(31)27-21-17-20(24(3,4)5)28-30(21)23-25-15-8-16-26-23/h8-17H,6-7H2,1-5H3,(H,27,31)/b14-11+. The number of anilines is 1. The summed E-state index contributed by atoms with van der Waals surface area (Å²) in [4.78, 5) is 21.3. The average molecular weight is 483 g/mol. The van der Waals surface area contributed by atoms with E-state index in [2.05, 4.69) is 20.4 Å². The molecule has 0 radical (unpaired) electrons. The molecule has 0 aliphatic carbocycles. The molecule has 10 heteroatoms. The van der Waals surface area contributed by atoms with E-state index in [0.717, 1.165) is 5.69 Å². The lowest BCUT2D eigenvalue weighted by Gasteiger charge is -2.18. The lowest BCUT2D eigenvalue weighted by atomic mass is 9.92. The highest BCUT2D eigenvalue weighted by molar-refractivity contribution is 7.89. The maximum atomic E-state index is 12.6. The highest BCUT2D eigenvalue weighted by Crippen LogP contribution is 2.25. The summed E-state index contributed by atoms with van der Waals surface area (Å²) in [5, 5.41) is 7.41. The molecule has 2 heterocycles. The number of nitrogens with one attached hydrogen (secondary N) is 1. The fourth-order valence-corrected chi connectivity index (χ4v) is 4.65. The molecule has 0 aliphatic rings. The topological polar surface area (TPSA) is 110 Å². The van der Waals surface area contributed by atoms with Gasteiger partial charge in [0.05, 0.1) is 10.6 Å². The van der Waals surface area contributed by atoms with Crippen LogP contribution in [0.2, 0.25) is 0 Å². The van der Waals surface area contributed by atoms with Crippen molar-refractivity contribution in [2.45, 2.75) is 44.9 Å². The average Bonchev–Trinajstić information content (AvgIpc) is 3.23. The van der Waals surface area contributed by atoms with Gasteiger partial charge in [0.2, 0.25) is 15.9 Å². The molecule has 34 heavy (non-hydrogen) atoms. The van der Waals surface area contributed by atoms with Crippen molar-refractivity contribution in [2.75, 3.05) is 18.4 Å². The van der Waals surface area contributed by atoms with Crippen molar-refractivity contribution in [3.63, 3.8) is 0 Å². The molecule has 0 atom stereocenters. The minimum absolute atomic E-state index is 0.222. The second-order valence-electron chi connectivity index (χ2n) is 8.61. The van der Waals surface area contributed by atoms with Crippen molar-refractivity contribution < 1.29 is 13.2 Å². The van der Waals surface area contributed by atoms with E-state index in [4.69, 9.17) is 0 Å². The number of sulfonamides is 1. The molecule has 3 rings (SSSR count). The van der Waals surface area contributed by atoms with Crippen LogP contribution in [0.5, 0.6) is 0 Å². The van der Waals surface area contributed by atoms with E-state index in [-0.39, 0.29) is 16.2 Å². The molecule has 0 spiro atoms. The third kappa shape index (κ3) is 5.75. The zero-order chi connectivity index (χ0) is 24.9. The van der Waals surface area contributed by atoms with Gasteiger partial charge in [-0.25, -0.2) is 18.4 Å². The molecule has 0 fully saturated rings. The molecule has 1 aromatic carbocycles. The van der Waals surface area contributed by atoms with Crippen molar-refractivity contribution in [1.82, 2.24) is 24.1 Å².